The van der Waals surface area contributed by atoms with Crippen LogP contribution in [0.4, 0.5) is 0 Å². The number of nitrogens with zero attached hydrogens (tertiary/aromatic N) is 3. The molecule has 0 atom stereocenters. The van der Waals surface area contributed by atoms with Crippen molar-refractivity contribution in [3.63, 3.8) is 0 Å². The molecule has 27 heavy (non-hydrogen) atoms. The van der Waals surface area contributed by atoms with Crippen LogP contribution in [-0.4, -0.2) is 68.4 Å². The van der Waals surface area contributed by atoms with Gasteiger partial charge < -0.3 is 20.4 Å². The molecule has 0 heterocycles. The van der Waals surface area contributed by atoms with E-state index in [-0.39, 0.29) is 18.4 Å². The van der Waals surface area contributed by atoms with Gasteiger partial charge in [-0.1, -0.05) is 25.0 Å². The number of carbonyl (C=O) groups excluding carboxylic acids is 2. The average molecular weight is 374 g/mol. The van der Waals surface area contributed by atoms with E-state index in [0.717, 1.165) is 18.4 Å². The summed E-state index contributed by atoms with van der Waals surface area (Å²) in [6.07, 6.45) is 4.71. The third kappa shape index (κ3) is 6.58. The number of nitrogens with one attached hydrogen (secondary N) is 2. The monoisotopic (exact) mass is 373 g/mol. The van der Waals surface area contributed by atoms with Crippen molar-refractivity contribution in [2.24, 2.45) is 4.99 Å². The summed E-state index contributed by atoms with van der Waals surface area (Å²) in [4.78, 5) is 31.6. The van der Waals surface area contributed by atoms with Crippen molar-refractivity contribution in [1.29, 1.82) is 0 Å². The summed E-state index contributed by atoms with van der Waals surface area (Å²) in [5, 5.41) is 6.56. The van der Waals surface area contributed by atoms with Crippen LogP contribution in [0.3, 0.4) is 0 Å². The fourth-order valence-corrected chi connectivity index (χ4v) is 2.91. The fraction of sp³-hybridized carbons (Fsp3) is 0.550. The van der Waals surface area contributed by atoms with Crippen LogP contribution >= 0.6 is 0 Å². The van der Waals surface area contributed by atoms with Crippen molar-refractivity contribution in [2.45, 2.75) is 38.3 Å². The number of rotatable bonds is 6. The van der Waals surface area contributed by atoms with Crippen LogP contribution < -0.4 is 10.6 Å². The standard InChI is InChI=1S/C20H31N5O2/c1-24(2)18(26)14-22-20(23-17-7-5-6-8-17)21-13-15-9-11-16(12-10-15)19(27)25(3)4/h9-12,17H,5-8,13-14H2,1-4H3,(H2,21,22,23). The molecule has 0 spiro atoms. The van der Waals surface area contributed by atoms with Crippen LogP contribution in [0.1, 0.15) is 41.6 Å². The predicted octanol–water partition coefficient (Wildman–Crippen LogP) is 1.45. The first-order valence-corrected chi connectivity index (χ1v) is 9.42. The molecule has 2 rings (SSSR count). The SMILES string of the molecule is CN(C)C(=O)CNC(=NCc1ccc(C(=O)N(C)C)cc1)NC1CCCC1. The zero-order chi connectivity index (χ0) is 19.8. The van der Waals surface area contributed by atoms with Crippen molar-refractivity contribution < 1.29 is 9.59 Å². The summed E-state index contributed by atoms with van der Waals surface area (Å²) in [6, 6.07) is 7.88. The largest absolute Gasteiger partial charge is 0.354 e. The predicted molar refractivity (Wildman–Crippen MR) is 108 cm³/mol. The van der Waals surface area contributed by atoms with Gasteiger partial charge in [0.05, 0.1) is 13.1 Å². The lowest BCUT2D eigenvalue weighted by Crippen LogP contribution is -2.46. The zero-order valence-electron chi connectivity index (χ0n) is 16.8. The topological polar surface area (TPSA) is 77.0 Å². The second-order valence-corrected chi connectivity index (χ2v) is 7.33. The van der Waals surface area contributed by atoms with E-state index in [2.05, 4.69) is 15.6 Å². The molecule has 1 fully saturated rings. The first-order chi connectivity index (χ1) is 12.9. The first-order valence-electron chi connectivity index (χ1n) is 9.42. The Balaban J connectivity index is 2.01. The molecule has 1 aromatic rings. The second kappa shape index (κ2) is 9.94. The molecule has 2 N–H and O–H groups in total. The van der Waals surface area contributed by atoms with E-state index in [4.69, 9.17) is 0 Å². The maximum absolute atomic E-state index is 12.0. The van der Waals surface area contributed by atoms with Gasteiger partial charge in [-0.15, -0.1) is 0 Å². The van der Waals surface area contributed by atoms with Gasteiger partial charge in [0.25, 0.3) is 5.91 Å². The molecular formula is C20H31N5O2. The number of aliphatic imine (C=N–C) groups is 1. The van der Waals surface area contributed by atoms with Gasteiger partial charge in [0.1, 0.15) is 0 Å². The van der Waals surface area contributed by atoms with Gasteiger partial charge in [0, 0.05) is 39.8 Å². The number of hydrogen-bond donors (Lipinski definition) is 2. The number of amides is 2. The molecule has 2 amide bonds. The lowest BCUT2D eigenvalue weighted by atomic mass is 10.1. The Kier molecular flexibility index (Phi) is 7.64. The molecule has 0 aromatic heterocycles. The molecule has 0 saturated heterocycles. The van der Waals surface area contributed by atoms with E-state index in [1.165, 1.54) is 12.8 Å². The van der Waals surface area contributed by atoms with Gasteiger partial charge in [0.15, 0.2) is 5.96 Å². The molecule has 1 aliphatic rings. The maximum atomic E-state index is 12.0. The van der Waals surface area contributed by atoms with Crippen molar-refractivity contribution in [1.82, 2.24) is 20.4 Å². The van der Waals surface area contributed by atoms with E-state index >= 15 is 0 Å². The van der Waals surface area contributed by atoms with E-state index < -0.39 is 0 Å². The molecule has 0 unspecified atom stereocenters. The smallest absolute Gasteiger partial charge is 0.253 e. The van der Waals surface area contributed by atoms with Gasteiger partial charge in [0.2, 0.25) is 5.91 Å². The van der Waals surface area contributed by atoms with Crippen molar-refractivity contribution in [3.05, 3.63) is 35.4 Å². The molecule has 7 heteroatoms. The molecule has 148 valence electrons. The molecule has 1 saturated carbocycles. The van der Waals surface area contributed by atoms with Crippen LogP contribution in [0.5, 0.6) is 0 Å². The van der Waals surface area contributed by atoms with E-state index in [0.29, 0.717) is 24.1 Å². The summed E-state index contributed by atoms with van der Waals surface area (Å²) < 4.78 is 0. The second-order valence-electron chi connectivity index (χ2n) is 7.33. The summed E-state index contributed by atoms with van der Waals surface area (Å²) in [5.41, 5.74) is 1.67. The molecule has 0 bridgehead atoms. The highest BCUT2D eigenvalue weighted by molar-refractivity contribution is 5.93. The highest BCUT2D eigenvalue weighted by atomic mass is 16.2. The van der Waals surface area contributed by atoms with Crippen LogP contribution in [0, 0.1) is 0 Å². The van der Waals surface area contributed by atoms with Crippen molar-refractivity contribution >= 4 is 17.8 Å². The summed E-state index contributed by atoms with van der Waals surface area (Å²) in [7, 11) is 6.95. The molecular weight excluding hydrogens is 342 g/mol. The fourth-order valence-electron chi connectivity index (χ4n) is 2.91. The lowest BCUT2D eigenvalue weighted by molar-refractivity contribution is -0.127. The molecule has 7 nitrogen and oxygen atoms in total. The molecule has 1 aliphatic carbocycles. The minimum Gasteiger partial charge on any atom is -0.354 e. The number of hydrogen-bond acceptors (Lipinski definition) is 3. The van der Waals surface area contributed by atoms with E-state index in [1.54, 1.807) is 38.0 Å². The average Bonchev–Trinajstić information content (AvgIpc) is 3.16. The number of likely N-dealkylation sites (N-methyl/N-ethyl adjacent to an activating group) is 1. The number of carbonyl (C=O) groups is 2. The van der Waals surface area contributed by atoms with E-state index in [9.17, 15) is 9.59 Å². The minimum atomic E-state index is -0.0162. The van der Waals surface area contributed by atoms with Crippen LogP contribution in [0.2, 0.25) is 0 Å². The Hall–Kier alpha value is -2.57. The Labute approximate surface area is 161 Å². The third-order valence-electron chi connectivity index (χ3n) is 4.63. The highest BCUT2D eigenvalue weighted by Gasteiger charge is 2.16. The Bertz CT molecular complexity index is 661. The summed E-state index contributed by atoms with van der Waals surface area (Å²) in [5.74, 6) is 0.644. The lowest BCUT2D eigenvalue weighted by Gasteiger charge is -2.18. The van der Waals surface area contributed by atoms with Crippen molar-refractivity contribution in [2.75, 3.05) is 34.7 Å². The highest BCUT2D eigenvalue weighted by Crippen LogP contribution is 2.17. The van der Waals surface area contributed by atoms with E-state index in [1.807, 2.05) is 24.3 Å². The van der Waals surface area contributed by atoms with Crippen molar-refractivity contribution in [3.8, 4) is 0 Å². The molecule has 0 radical (unpaired) electrons. The third-order valence-corrected chi connectivity index (χ3v) is 4.63. The summed E-state index contributed by atoms with van der Waals surface area (Å²) in [6.45, 7) is 0.691. The summed E-state index contributed by atoms with van der Waals surface area (Å²) >= 11 is 0. The Morgan fingerprint density at radius 3 is 2.22 bits per heavy atom. The normalized spacial score (nSPS) is 14.7. The Morgan fingerprint density at radius 2 is 1.67 bits per heavy atom. The molecule has 1 aromatic carbocycles. The molecule has 0 aliphatic heterocycles. The van der Waals surface area contributed by atoms with Crippen LogP contribution in [0.25, 0.3) is 0 Å². The van der Waals surface area contributed by atoms with Crippen LogP contribution in [0.15, 0.2) is 29.3 Å². The zero-order valence-corrected chi connectivity index (χ0v) is 16.8. The van der Waals surface area contributed by atoms with Gasteiger partial charge in [-0.3, -0.25) is 9.59 Å². The maximum Gasteiger partial charge on any atom is 0.253 e. The van der Waals surface area contributed by atoms with Gasteiger partial charge in [-0.25, -0.2) is 4.99 Å². The van der Waals surface area contributed by atoms with Gasteiger partial charge >= 0.3 is 0 Å². The number of benzene rings is 1. The number of guanidine groups is 1. The minimum absolute atomic E-state index is 0.00229. The van der Waals surface area contributed by atoms with Crippen LogP contribution in [-0.2, 0) is 11.3 Å². The van der Waals surface area contributed by atoms with Gasteiger partial charge in [-0.05, 0) is 30.5 Å². The van der Waals surface area contributed by atoms with Gasteiger partial charge in [-0.2, -0.15) is 0 Å². The Morgan fingerprint density at radius 1 is 1.04 bits per heavy atom. The first kappa shape index (κ1) is 20.7. The quantitative estimate of drug-likeness (QED) is 0.585.